The summed E-state index contributed by atoms with van der Waals surface area (Å²) in [6.45, 7) is 3.61. The van der Waals surface area contributed by atoms with Crippen LogP contribution in [0.15, 0.2) is 46.8 Å². The molecular weight excluding hydrogens is 404 g/mol. The summed E-state index contributed by atoms with van der Waals surface area (Å²) in [7, 11) is 1.22. The van der Waals surface area contributed by atoms with Gasteiger partial charge in [0.25, 0.3) is 5.69 Å². The number of nitro benzene ring substituents is 1. The molecular formula is C22H28N2O7. The summed E-state index contributed by atoms with van der Waals surface area (Å²) < 4.78 is 10.3. The Hall–Kier alpha value is -3.20. The van der Waals surface area contributed by atoms with Gasteiger partial charge < -0.3 is 19.9 Å². The maximum Gasteiger partial charge on any atom is 0.336 e. The third kappa shape index (κ3) is 5.69. The number of nitro groups is 1. The lowest BCUT2D eigenvalue weighted by Crippen LogP contribution is -2.32. The largest absolute Gasteiger partial charge is 0.466 e. The number of hydrogen-bond acceptors (Lipinski definition) is 8. The molecule has 2 N–H and O–H groups in total. The number of benzene rings is 1. The summed E-state index contributed by atoms with van der Waals surface area (Å²) in [5, 5.41) is 23.5. The first kappa shape index (κ1) is 24.1. The molecule has 1 atom stereocenters. The highest BCUT2D eigenvalue weighted by Gasteiger charge is 2.40. The van der Waals surface area contributed by atoms with Crippen LogP contribution in [0.1, 0.15) is 51.0 Å². The second-order valence-electron chi connectivity index (χ2n) is 7.22. The maximum absolute atomic E-state index is 13.0. The van der Waals surface area contributed by atoms with E-state index in [1.165, 1.54) is 25.3 Å². The number of aliphatic hydroxyl groups is 1. The first-order valence-corrected chi connectivity index (χ1v) is 10.1. The normalized spacial score (nSPS) is 16.1. The second-order valence-corrected chi connectivity index (χ2v) is 7.22. The van der Waals surface area contributed by atoms with Crippen molar-refractivity contribution in [3.63, 3.8) is 0 Å². The standard InChI is InChI=1S/C22H28N2O7/c1-14-18(21(26)30-3)20(16-10-6-7-11-17(16)24(28)29)19(15(2)23-14)22(27)31-13-9-5-4-8-12-25/h6-7,10-11,20,23,25H,4-5,8-9,12-13H2,1-3H3. The fraction of sp³-hybridized carbons (Fsp3) is 0.455. The van der Waals surface area contributed by atoms with Crippen molar-refractivity contribution < 1.29 is 29.1 Å². The van der Waals surface area contributed by atoms with E-state index < -0.39 is 22.8 Å². The lowest BCUT2D eigenvalue weighted by Gasteiger charge is -2.30. The zero-order valence-electron chi connectivity index (χ0n) is 18.0. The van der Waals surface area contributed by atoms with Gasteiger partial charge in [0.05, 0.1) is 35.7 Å². The Labute approximate surface area is 180 Å². The van der Waals surface area contributed by atoms with Crippen molar-refractivity contribution in [2.45, 2.75) is 45.4 Å². The van der Waals surface area contributed by atoms with Crippen LogP contribution in [0.2, 0.25) is 0 Å². The molecule has 2 rings (SSSR count). The van der Waals surface area contributed by atoms with E-state index in [1.54, 1.807) is 19.9 Å². The van der Waals surface area contributed by atoms with Crippen molar-refractivity contribution in [2.75, 3.05) is 20.3 Å². The molecule has 168 valence electrons. The number of aliphatic hydroxyl groups excluding tert-OH is 1. The maximum atomic E-state index is 13.0. The molecule has 0 amide bonds. The molecule has 0 radical (unpaired) electrons. The lowest BCUT2D eigenvalue weighted by atomic mass is 9.79. The number of unbranched alkanes of at least 4 members (excludes halogenated alkanes) is 3. The molecule has 9 heteroatoms. The molecule has 9 nitrogen and oxygen atoms in total. The van der Waals surface area contributed by atoms with Crippen molar-refractivity contribution >= 4 is 17.6 Å². The summed E-state index contributed by atoms with van der Waals surface area (Å²) in [6.07, 6.45) is 2.93. The summed E-state index contributed by atoms with van der Waals surface area (Å²) in [5.41, 5.74) is 1.17. The van der Waals surface area contributed by atoms with E-state index in [-0.39, 0.29) is 35.6 Å². The Kier molecular flexibility index (Phi) is 8.75. The van der Waals surface area contributed by atoms with Gasteiger partial charge in [-0.25, -0.2) is 9.59 Å². The van der Waals surface area contributed by atoms with Gasteiger partial charge in [0.1, 0.15) is 0 Å². The molecule has 0 fully saturated rings. The molecule has 1 aliphatic rings. The van der Waals surface area contributed by atoms with Crippen LogP contribution in [0, 0.1) is 10.1 Å². The van der Waals surface area contributed by atoms with Gasteiger partial charge in [-0.3, -0.25) is 10.1 Å². The highest BCUT2D eigenvalue weighted by molar-refractivity contribution is 6.00. The van der Waals surface area contributed by atoms with Gasteiger partial charge in [-0.2, -0.15) is 0 Å². The lowest BCUT2D eigenvalue weighted by molar-refractivity contribution is -0.385. The smallest absolute Gasteiger partial charge is 0.336 e. The van der Waals surface area contributed by atoms with Crippen LogP contribution in [-0.2, 0) is 19.1 Å². The van der Waals surface area contributed by atoms with E-state index in [9.17, 15) is 19.7 Å². The van der Waals surface area contributed by atoms with Crippen LogP contribution < -0.4 is 5.32 Å². The highest BCUT2D eigenvalue weighted by Crippen LogP contribution is 2.42. The number of carbonyl (C=O) groups excluding carboxylic acids is 2. The van der Waals surface area contributed by atoms with Crippen molar-refractivity contribution in [2.24, 2.45) is 0 Å². The summed E-state index contributed by atoms with van der Waals surface area (Å²) in [4.78, 5) is 36.7. The third-order valence-electron chi connectivity index (χ3n) is 5.12. The number of methoxy groups -OCH3 is 1. The second kappa shape index (κ2) is 11.3. The molecule has 0 saturated carbocycles. The molecule has 0 aromatic heterocycles. The minimum Gasteiger partial charge on any atom is -0.466 e. The predicted molar refractivity (Wildman–Crippen MR) is 113 cm³/mol. The first-order valence-electron chi connectivity index (χ1n) is 10.1. The predicted octanol–water partition coefficient (Wildman–Crippen LogP) is 3.10. The molecule has 1 aromatic carbocycles. The van der Waals surface area contributed by atoms with E-state index in [0.29, 0.717) is 24.2 Å². The molecule has 1 heterocycles. The van der Waals surface area contributed by atoms with Crippen molar-refractivity contribution in [1.82, 2.24) is 5.32 Å². The van der Waals surface area contributed by atoms with Crippen molar-refractivity contribution in [3.05, 3.63) is 62.5 Å². The van der Waals surface area contributed by atoms with Crippen LogP contribution in [-0.4, -0.2) is 42.3 Å². The molecule has 1 aromatic rings. The number of ether oxygens (including phenoxy) is 2. The van der Waals surface area contributed by atoms with Gasteiger partial charge in [-0.15, -0.1) is 0 Å². The molecule has 0 aliphatic carbocycles. The number of carbonyl (C=O) groups is 2. The molecule has 1 aliphatic heterocycles. The number of allylic oxidation sites excluding steroid dienone is 2. The van der Waals surface area contributed by atoms with Crippen molar-refractivity contribution in [3.8, 4) is 0 Å². The van der Waals surface area contributed by atoms with E-state index in [0.717, 1.165) is 12.8 Å². The topological polar surface area (TPSA) is 128 Å². The fourth-order valence-electron chi connectivity index (χ4n) is 3.66. The average molecular weight is 432 g/mol. The number of rotatable bonds is 10. The quantitative estimate of drug-likeness (QED) is 0.250. The Morgan fingerprint density at radius 1 is 1.06 bits per heavy atom. The summed E-state index contributed by atoms with van der Waals surface area (Å²) >= 11 is 0. The summed E-state index contributed by atoms with van der Waals surface area (Å²) in [6, 6.07) is 6.01. The Bertz CT molecular complexity index is 905. The van der Waals surface area contributed by atoms with Crippen LogP contribution in [0.25, 0.3) is 0 Å². The van der Waals surface area contributed by atoms with Gasteiger partial charge in [0.2, 0.25) is 0 Å². The number of dihydropyridines is 1. The Morgan fingerprint density at radius 3 is 2.29 bits per heavy atom. The Morgan fingerprint density at radius 2 is 1.68 bits per heavy atom. The SMILES string of the molecule is COC(=O)C1=C(C)NC(C)=C(C(=O)OCCCCCCO)C1c1ccccc1[N+](=O)[O-]. The van der Waals surface area contributed by atoms with Crippen LogP contribution in [0.3, 0.4) is 0 Å². The summed E-state index contributed by atoms with van der Waals surface area (Å²) in [5.74, 6) is -2.34. The molecule has 0 bridgehead atoms. The van der Waals surface area contributed by atoms with Crippen LogP contribution >= 0.6 is 0 Å². The van der Waals surface area contributed by atoms with E-state index in [1.807, 2.05) is 0 Å². The first-order chi connectivity index (χ1) is 14.8. The van der Waals surface area contributed by atoms with Gasteiger partial charge >= 0.3 is 11.9 Å². The number of nitrogens with one attached hydrogen (secondary N) is 1. The number of nitrogens with zero attached hydrogens (tertiary/aromatic N) is 1. The molecule has 0 spiro atoms. The third-order valence-corrected chi connectivity index (χ3v) is 5.12. The molecule has 1 unspecified atom stereocenters. The van der Waals surface area contributed by atoms with E-state index >= 15 is 0 Å². The van der Waals surface area contributed by atoms with Gasteiger partial charge in [-0.1, -0.05) is 24.6 Å². The minimum absolute atomic E-state index is 0.122. The minimum atomic E-state index is -1.00. The molecule has 0 saturated heterocycles. The van der Waals surface area contributed by atoms with Crippen molar-refractivity contribution in [1.29, 1.82) is 0 Å². The zero-order valence-corrected chi connectivity index (χ0v) is 18.0. The zero-order chi connectivity index (χ0) is 23.0. The van der Waals surface area contributed by atoms with Gasteiger partial charge in [-0.05, 0) is 33.1 Å². The van der Waals surface area contributed by atoms with Crippen LogP contribution in [0.5, 0.6) is 0 Å². The van der Waals surface area contributed by atoms with E-state index in [2.05, 4.69) is 5.32 Å². The molecule has 31 heavy (non-hydrogen) atoms. The van der Waals surface area contributed by atoms with E-state index in [4.69, 9.17) is 14.6 Å². The Balaban J connectivity index is 2.43. The van der Waals surface area contributed by atoms with Gasteiger partial charge in [0, 0.05) is 29.6 Å². The average Bonchev–Trinajstić information content (AvgIpc) is 2.74. The number of hydrogen-bond donors (Lipinski definition) is 2. The number of para-hydroxylation sites is 1. The van der Waals surface area contributed by atoms with Crippen LogP contribution in [0.4, 0.5) is 5.69 Å². The highest BCUT2D eigenvalue weighted by atomic mass is 16.6. The fourth-order valence-corrected chi connectivity index (χ4v) is 3.66. The van der Waals surface area contributed by atoms with Gasteiger partial charge in [0.15, 0.2) is 0 Å². The monoisotopic (exact) mass is 432 g/mol. The number of esters is 2.